The summed E-state index contributed by atoms with van der Waals surface area (Å²) in [5.74, 6) is -4.91. The van der Waals surface area contributed by atoms with E-state index in [4.69, 9.17) is 9.47 Å². The molecule has 8 heteroatoms. The highest BCUT2D eigenvalue weighted by atomic mass is 16.5. The molecule has 8 nitrogen and oxygen atoms in total. The van der Waals surface area contributed by atoms with E-state index in [0.717, 1.165) is 6.92 Å². The van der Waals surface area contributed by atoms with Gasteiger partial charge in [-0.1, -0.05) is 0 Å². The fourth-order valence-electron chi connectivity index (χ4n) is 2.56. The van der Waals surface area contributed by atoms with Crippen molar-refractivity contribution in [2.75, 3.05) is 14.2 Å². The highest BCUT2D eigenvalue weighted by molar-refractivity contribution is 6.37. The number of rotatable bonds is 5. The SMILES string of the molecule is COc1cc(OC)c2c(c1O)C(=O)C(CC(C)=O)=C(C(=O)O)C2=O. The maximum atomic E-state index is 12.7. The van der Waals surface area contributed by atoms with Gasteiger partial charge in [-0.05, 0) is 6.92 Å². The summed E-state index contributed by atoms with van der Waals surface area (Å²) in [6.45, 7) is 1.16. The number of carbonyl (C=O) groups excluding carboxylic acids is 3. The normalized spacial score (nSPS) is 13.6. The summed E-state index contributed by atoms with van der Waals surface area (Å²) in [6.07, 6.45) is -0.537. The second-order valence-electron chi connectivity index (χ2n) is 5.08. The van der Waals surface area contributed by atoms with Crippen molar-refractivity contribution in [3.05, 3.63) is 28.3 Å². The van der Waals surface area contributed by atoms with Gasteiger partial charge in [0.25, 0.3) is 0 Å². The first-order valence-corrected chi connectivity index (χ1v) is 6.77. The zero-order valence-electron chi connectivity index (χ0n) is 13.1. The molecule has 2 rings (SSSR count). The van der Waals surface area contributed by atoms with Crippen LogP contribution < -0.4 is 9.47 Å². The van der Waals surface area contributed by atoms with Crippen LogP contribution in [0.25, 0.3) is 0 Å². The minimum Gasteiger partial charge on any atom is -0.504 e. The largest absolute Gasteiger partial charge is 0.504 e. The van der Waals surface area contributed by atoms with Crippen molar-refractivity contribution in [3.8, 4) is 17.2 Å². The molecule has 1 aromatic carbocycles. The molecule has 1 aliphatic rings. The summed E-state index contributed by atoms with van der Waals surface area (Å²) in [6, 6.07) is 1.18. The Bertz CT molecular complexity index is 816. The Morgan fingerprint density at radius 2 is 1.62 bits per heavy atom. The number of phenolic OH excluding ortho intramolecular Hbond substituents is 1. The van der Waals surface area contributed by atoms with E-state index in [9.17, 15) is 29.4 Å². The summed E-state index contributed by atoms with van der Waals surface area (Å²) < 4.78 is 9.96. The molecule has 0 atom stereocenters. The monoisotopic (exact) mass is 334 g/mol. The number of allylic oxidation sites excluding steroid dienone is 1. The molecular weight excluding hydrogens is 320 g/mol. The van der Waals surface area contributed by atoms with Crippen LogP contribution in [0.1, 0.15) is 34.1 Å². The van der Waals surface area contributed by atoms with Gasteiger partial charge in [0, 0.05) is 18.1 Å². The van der Waals surface area contributed by atoms with Gasteiger partial charge in [0.05, 0.1) is 25.3 Å². The number of methoxy groups -OCH3 is 2. The van der Waals surface area contributed by atoms with Crippen molar-refractivity contribution in [1.29, 1.82) is 0 Å². The van der Waals surface area contributed by atoms with Gasteiger partial charge >= 0.3 is 5.97 Å². The van der Waals surface area contributed by atoms with Crippen molar-refractivity contribution < 1.29 is 38.9 Å². The number of carboxylic acid groups (broad SMARTS) is 1. The lowest BCUT2D eigenvalue weighted by Crippen LogP contribution is -2.28. The number of aromatic hydroxyl groups is 1. The number of ether oxygens (including phenoxy) is 2. The van der Waals surface area contributed by atoms with Crippen LogP contribution >= 0.6 is 0 Å². The molecule has 0 heterocycles. The third-order valence-electron chi connectivity index (χ3n) is 3.57. The van der Waals surface area contributed by atoms with Gasteiger partial charge in [-0.25, -0.2) is 4.79 Å². The molecule has 1 aromatic rings. The Morgan fingerprint density at radius 3 is 2.08 bits per heavy atom. The number of aliphatic carboxylic acids is 1. The molecule has 0 saturated carbocycles. The Balaban J connectivity index is 2.88. The zero-order valence-corrected chi connectivity index (χ0v) is 13.1. The third kappa shape index (κ3) is 2.51. The average molecular weight is 334 g/mol. The van der Waals surface area contributed by atoms with Crippen LogP contribution in [0.15, 0.2) is 17.2 Å². The molecule has 0 bridgehead atoms. The van der Waals surface area contributed by atoms with Crippen LogP contribution in [0.2, 0.25) is 0 Å². The van der Waals surface area contributed by atoms with Crippen molar-refractivity contribution in [1.82, 2.24) is 0 Å². The molecule has 0 aromatic heterocycles. The van der Waals surface area contributed by atoms with Gasteiger partial charge in [0.2, 0.25) is 5.78 Å². The van der Waals surface area contributed by atoms with Crippen LogP contribution in [0.5, 0.6) is 17.2 Å². The molecule has 24 heavy (non-hydrogen) atoms. The molecule has 0 unspecified atom stereocenters. The number of carboxylic acids is 1. The van der Waals surface area contributed by atoms with Gasteiger partial charge in [0.1, 0.15) is 17.1 Å². The summed E-state index contributed by atoms with van der Waals surface area (Å²) in [4.78, 5) is 48.1. The Labute approximate surface area is 136 Å². The van der Waals surface area contributed by atoms with Crippen molar-refractivity contribution in [3.63, 3.8) is 0 Å². The van der Waals surface area contributed by atoms with Gasteiger partial charge in [0.15, 0.2) is 17.3 Å². The molecule has 0 aliphatic heterocycles. The van der Waals surface area contributed by atoms with E-state index >= 15 is 0 Å². The van der Waals surface area contributed by atoms with Crippen LogP contribution in [0, 0.1) is 0 Å². The molecular formula is C16H14O8. The molecule has 126 valence electrons. The van der Waals surface area contributed by atoms with Gasteiger partial charge in [-0.2, -0.15) is 0 Å². The number of phenols is 1. The van der Waals surface area contributed by atoms with E-state index < -0.39 is 52.2 Å². The number of Topliss-reactive ketones (excluding diaryl/α,β-unsaturated/α-hetero) is 3. The summed E-state index contributed by atoms with van der Waals surface area (Å²) in [7, 11) is 2.46. The lowest BCUT2D eigenvalue weighted by molar-refractivity contribution is -0.132. The molecule has 0 amide bonds. The fraction of sp³-hybridized carbons (Fsp3) is 0.250. The minimum atomic E-state index is -1.63. The number of hydrogen-bond donors (Lipinski definition) is 2. The molecule has 0 radical (unpaired) electrons. The van der Waals surface area contributed by atoms with Crippen LogP contribution in [-0.4, -0.2) is 47.8 Å². The first-order chi connectivity index (χ1) is 11.2. The topological polar surface area (TPSA) is 127 Å². The molecule has 1 aliphatic carbocycles. The van der Waals surface area contributed by atoms with Gasteiger partial charge in [-0.15, -0.1) is 0 Å². The first-order valence-electron chi connectivity index (χ1n) is 6.77. The molecule has 2 N–H and O–H groups in total. The third-order valence-corrected chi connectivity index (χ3v) is 3.57. The maximum absolute atomic E-state index is 12.7. The van der Waals surface area contributed by atoms with Gasteiger partial charge in [-0.3, -0.25) is 14.4 Å². The van der Waals surface area contributed by atoms with E-state index in [-0.39, 0.29) is 17.1 Å². The van der Waals surface area contributed by atoms with Crippen LogP contribution in [0.3, 0.4) is 0 Å². The Hall–Kier alpha value is -3.16. The predicted octanol–water partition coefficient (Wildman–Crippen LogP) is 1.15. The van der Waals surface area contributed by atoms with Crippen LogP contribution in [0.4, 0.5) is 0 Å². The lowest BCUT2D eigenvalue weighted by Gasteiger charge is -2.22. The number of carbonyl (C=O) groups is 4. The highest BCUT2D eigenvalue weighted by Gasteiger charge is 2.41. The van der Waals surface area contributed by atoms with E-state index in [2.05, 4.69) is 0 Å². The highest BCUT2D eigenvalue weighted by Crippen LogP contribution is 2.44. The van der Waals surface area contributed by atoms with Gasteiger partial charge < -0.3 is 19.7 Å². The number of ketones is 3. The van der Waals surface area contributed by atoms with E-state index in [1.807, 2.05) is 0 Å². The number of hydrogen-bond acceptors (Lipinski definition) is 7. The van der Waals surface area contributed by atoms with Crippen LogP contribution in [-0.2, 0) is 9.59 Å². The van der Waals surface area contributed by atoms with Crippen molar-refractivity contribution in [2.24, 2.45) is 0 Å². The second-order valence-corrected chi connectivity index (χ2v) is 5.08. The summed E-state index contributed by atoms with van der Waals surface area (Å²) in [5.41, 5.74) is -2.08. The zero-order chi connectivity index (χ0) is 18.2. The van der Waals surface area contributed by atoms with Crippen molar-refractivity contribution in [2.45, 2.75) is 13.3 Å². The quantitative estimate of drug-likeness (QED) is 0.768. The molecule has 0 saturated heterocycles. The first kappa shape index (κ1) is 17.2. The molecule has 0 fully saturated rings. The average Bonchev–Trinajstić information content (AvgIpc) is 2.51. The lowest BCUT2D eigenvalue weighted by atomic mass is 9.81. The second kappa shape index (κ2) is 6.15. The minimum absolute atomic E-state index is 0.112. The Kier molecular flexibility index (Phi) is 4.41. The van der Waals surface area contributed by atoms with Crippen molar-refractivity contribution >= 4 is 23.3 Å². The fourth-order valence-corrected chi connectivity index (χ4v) is 2.56. The molecule has 0 spiro atoms. The summed E-state index contributed by atoms with van der Waals surface area (Å²) >= 11 is 0. The maximum Gasteiger partial charge on any atom is 0.340 e. The number of benzene rings is 1. The van der Waals surface area contributed by atoms with E-state index in [1.54, 1.807) is 0 Å². The standard InChI is InChI=1S/C16H14O8/c1-6(17)4-7-10(16(21)22)15(20)11-8(23-2)5-9(24-3)14(19)12(11)13(7)18/h5,19H,4H2,1-3H3,(H,21,22). The smallest absolute Gasteiger partial charge is 0.340 e. The summed E-state index contributed by atoms with van der Waals surface area (Å²) in [5, 5.41) is 19.5. The van der Waals surface area contributed by atoms with E-state index in [0.29, 0.717) is 0 Å². The predicted molar refractivity (Wildman–Crippen MR) is 79.8 cm³/mol. The Morgan fingerprint density at radius 1 is 1.04 bits per heavy atom. The van der Waals surface area contributed by atoms with E-state index in [1.165, 1.54) is 20.3 Å². The number of fused-ring (bicyclic) bond motifs is 1.